The summed E-state index contributed by atoms with van der Waals surface area (Å²) in [4.78, 5) is 2.11. The maximum atomic E-state index is 10.3. The predicted molar refractivity (Wildman–Crippen MR) is 136 cm³/mol. The van der Waals surface area contributed by atoms with Gasteiger partial charge in [0.15, 0.2) is 11.5 Å². The molecule has 34 heavy (non-hydrogen) atoms. The third kappa shape index (κ3) is 4.37. The fourth-order valence-corrected chi connectivity index (χ4v) is 3.97. The zero-order chi connectivity index (χ0) is 24.6. The van der Waals surface area contributed by atoms with Crippen LogP contribution in [0.1, 0.15) is 27.8 Å². The molecule has 0 aliphatic carbocycles. The van der Waals surface area contributed by atoms with Crippen LogP contribution in [0.15, 0.2) is 66.7 Å². The Morgan fingerprint density at radius 3 is 1.65 bits per heavy atom. The highest BCUT2D eigenvalue weighted by Crippen LogP contribution is 2.42. The summed E-state index contributed by atoms with van der Waals surface area (Å²) in [6.07, 6.45) is 0. The molecule has 0 saturated carbocycles. The highest BCUT2D eigenvalue weighted by Gasteiger charge is 2.19. The third-order valence-electron chi connectivity index (χ3n) is 6.03. The molecule has 0 aliphatic heterocycles. The second-order valence-electron chi connectivity index (χ2n) is 8.70. The Morgan fingerprint density at radius 2 is 1.12 bits per heavy atom. The first kappa shape index (κ1) is 23.1. The first-order chi connectivity index (χ1) is 16.2. The quantitative estimate of drug-likeness (QED) is 0.289. The maximum Gasteiger partial charge on any atom is 0.169 e. The summed E-state index contributed by atoms with van der Waals surface area (Å²) >= 11 is 0. The summed E-state index contributed by atoms with van der Waals surface area (Å²) in [6, 6.07) is 20.5. The number of phenolic OH excluding ortho intramolecular Hbond substituents is 3. The highest BCUT2D eigenvalue weighted by molar-refractivity contribution is 5.82. The van der Waals surface area contributed by atoms with Gasteiger partial charge in [-0.05, 0) is 117 Å². The lowest BCUT2D eigenvalue weighted by Crippen LogP contribution is -2.13. The van der Waals surface area contributed by atoms with Crippen molar-refractivity contribution in [2.45, 2.75) is 34.6 Å². The van der Waals surface area contributed by atoms with Crippen LogP contribution in [-0.4, -0.2) is 15.3 Å². The molecule has 174 valence electrons. The van der Waals surface area contributed by atoms with Crippen molar-refractivity contribution in [2.75, 3.05) is 4.90 Å². The lowest BCUT2D eigenvalue weighted by atomic mass is 10.0. The van der Waals surface area contributed by atoms with Gasteiger partial charge in [0, 0.05) is 17.1 Å². The average molecular weight is 456 g/mol. The third-order valence-corrected chi connectivity index (χ3v) is 6.03. The molecule has 0 atom stereocenters. The zero-order valence-electron chi connectivity index (χ0n) is 20.0. The number of phenols is 3. The van der Waals surface area contributed by atoms with Gasteiger partial charge >= 0.3 is 0 Å². The van der Waals surface area contributed by atoms with E-state index in [1.165, 1.54) is 0 Å². The minimum absolute atomic E-state index is 0.124. The van der Waals surface area contributed by atoms with Gasteiger partial charge in [-0.25, -0.2) is 0 Å². The first-order valence-electron chi connectivity index (χ1n) is 11.1. The summed E-state index contributed by atoms with van der Waals surface area (Å²) in [5, 5.41) is 30.7. The predicted octanol–water partition coefficient (Wildman–Crippen LogP) is 7.61. The normalized spacial score (nSPS) is 10.9. The van der Waals surface area contributed by atoms with Crippen molar-refractivity contribution in [2.24, 2.45) is 0 Å². The Balaban J connectivity index is 1.81. The van der Waals surface area contributed by atoms with Gasteiger partial charge in [0.05, 0.1) is 0 Å². The Hall–Kier alpha value is -4.12. The summed E-state index contributed by atoms with van der Waals surface area (Å²) in [5.41, 5.74) is 6.86. The first-order valence-corrected chi connectivity index (χ1v) is 11.1. The van der Waals surface area contributed by atoms with E-state index in [0.717, 1.165) is 44.9 Å². The van der Waals surface area contributed by atoms with Crippen molar-refractivity contribution in [3.8, 4) is 28.7 Å². The van der Waals surface area contributed by atoms with Gasteiger partial charge in [-0.1, -0.05) is 12.1 Å². The number of hydrogen-bond acceptors (Lipinski definition) is 5. The van der Waals surface area contributed by atoms with Crippen molar-refractivity contribution in [1.29, 1.82) is 0 Å². The number of para-hydroxylation sites is 1. The fraction of sp³-hybridized carbons (Fsp3) is 0.172. The SMILES string of the molecule is Cc1cc(N(c2ccc(Oc3cccc(C)c3O)cc2)c2cc(C)c(O)cc2C)c(C)cc1O. The Morgan fingerprint density at radius 1 is 0.588 bits per heavy atom. The van der Waals surface area contributed by atoms with E-state index in [2.05, 4.69) is 4.90 Å². The van der Waals surface area contributed by atoms with Crippen molar-refractivity contribution >= 4 is 17.1 Å². The van der Waals surface area contributed by atoms with E-state index in [1.54, 1.807) is 18.2 Å². The molecule has 0 spiro atoms. The van der Waals surface area contributed by atoms with E-state index < -0.39 is 0 Å². The number of ether oxygens (including phenoxy) is 1. The van der Waals surface area contributed by atoms with Gasteiger partial charge < -0.3 is 25.0 Å². The van der Waals surface area contributed by atoms with Gasteiger partial charge in [0.25, 0.3) is 0 Å². The van der Waals surface area contributed by atoms with Crippen LogP contribution < -0.4 is 9.64 Å². The molecule has 0 aliphatic rings. The van der Waals surface area contributed by atoms with Crippen LogP contribution in [0.5, 0.6) is 28.7 Å². The molecule has 0 bridgehead atoms. The second kappa shape index (κ2) is 9.02. The number of nitrogens with zero attached hydrogens (tertiary/aromatic N) is 1. The Bertz CT molecular complexity index is 1300. The monoisotopic (exact) mass is 455 g/mol. The van der Waals surface area contributed by atoms with Crippen molar-refractivity contribution in [3.05, 3.63) is 94.5 Å². The Labute approximate surface area is 200 Å². The molecule has 5 heteroatoms. The second-order valence-corrected chi connectivity index (χ2v) is 8.70. The number of hydrogen-bond donors (Lipinski definition) is 3. The van der Waals surface area contributed by atoms with Gasteiger partial charge in [-0.15, -0.1) is 0 Å². The standard InChI is InChI=1S/C29H29NO4/c1-17-7-6-8-28(29(17)33)34-23-11-9-22(10-12-23)30(24-13-20(4)26(31)15-18(24)2)25-14-21(5)27(32)16-19(25)3/h6-16,31-33H,1-5H3. The summed E-state index contributed by atoms with van der Waals surface area (Å²) < 4.78 is 5.92. The van der Waals surface area contributed by atoms with Crippen molar-refractivity contribution in [3.63, 3.8) is 0 Å². The van der Waals surface area contributed by atoms with Crippen LogP contribution in [0, 0.1) is 34.6 Å². The number of aromatic hydroxyl groups is 3. The van der Waals surface area contributed by atoms with Crippen molar-refractivity contribution in [1.82, 2.24) is 0 Å². The molecular formula is C29H29NO4. The lowest BCUT2D eigenvalue weighted by Gasteiger charge is -2.29. The summed E-state index contributed by atoms with van der Waals surface area (Å²) in [7, 11) is 0. The van der Waals surface area contributed by atoms with Gasteiger partial charge in [-0.3, -0.25) is 0 Å². The van der Waals surface area contributed by atoms with Crippen LogP contribution in [-0.2, 0) is 0 Å². The van der Waals surface area contributed by atoms with Gasteiger partial charge in [-0.2, -0.15) is 0 Å². The van der Waals surface area contributed by atoms with Crippen LogP contribution in [0.4, 0.5) is 17.1 Å². The molecule has 0 saturated heterocycles. The molecule has 0 aromatic heterocycles. The van der Waals surface area contributed by atoms with E-state index in [1.807, 2.05) is 83.1 Å². The minimum atomic E-state index is 0.124. The largest absolute Gasteiger partial charge is 0.508 e. The number of aryl methyl sites for hydroxylation is 5. The molecule has 0 radical (unpaired) electrons. The van der Waals surface area contributed by atoms with Gasteiger partial charge in [0.1, 0.15) is 17.2 Å². The summed E-state index contributed by atoms with van der Waals surface area (Å²) in [5.74, 6) is 1.63. The van der Waals surface area contributed by atoms with E-state index in [-0.39, 0.29) is 17.2 Å². The van der Waals surface area contributed by atoms with Crippen molar-refractivity contribution < 1.29 is 20.1 Å². The molecule has 0 heterocycles. The van der Waals surface area contributed by atoms with E-state index in [9.17, 15) is 15.3 Å². The van der Waals surface area contributed by atoms with Gasteiger partial charge in [0.2, 0.25) is 0 Å². The van der Waals surface area contributed by atoms with Crippen LogP contribution in [0.3, 0.4) is 0 Å². The van der Waals surface area contributed by atoms with Crippen LogP contribution in [0.25, 0.3) is 0 Å². The molecular weight excluding hydrogens is 426 g/mol. The Kier molecular flexibility index (Phi) is 6.12. The highest BCUT2D eigenvalue weighted by atomic mass is 16.5. The van der Waals surface area contributed by atoms with Crippen LogP contribution >= 0.6 is 0 Å². The molecule has 4 aromatic rings. The van der Waals surface area contributed by atoms with Crippen LogP contribution in [0.2, 0.25) is 0 Å². The molecule has 0 fully saturated rings. The smallest absolute Gasteiger partial charge is 0.169 e. The maximum absolute atomic E-state index is 10.3. The van der Waals surface area contributed by atoms with E-state index in [4.69, 9.17) is 4.74 Å². The molecule has 3 N–H and O–H groups in total. The number of anilines is 3. The number of rotatable bonds is 5. The van der Waals surface area contributed by atoms with E-state index in [0.29, 0.717) is 11.5 Å². The fourth-order valence-electron chi connectivity index (χ4n) is 3.97. The molecule has 4 rings (SSSR count). The lowest BCUT2D eigenvalue weighted by molar-refractivity contribution is 0.408. The average Bonchev–Trinajstić information content (AvgIpc) is 2.79. The zero-order valence-corrected chi connectivity index (χ0v) is 20.0. The molecule has 4 aromatic carbocycles. The number of benzene rings is 4. The summed E-state index contributed by atoms with van der Waals surface area (Å²) in [6.45, 7) is 9.49. The molecule has 0 amide bonds. The topological polar surface area (TPSA) is 73.2 Å². The molecule has 0 unspecified atom stereocenters. The minimum Gasteiger partial charge on any atom is -0.508 e. The van der Waals surface area contributed by atoms with E-state index >= 15 is 0 Å². The molecule has 5 nitrogen and oxygen atoms in total.